The second kappa shape index (κ2) is 4.59. The minimum absolute atomic E-state index is 0.186. The number of para-hydroxylation sites is 1. The summed E-state index contributed by atoms with van der Waals surface area (Å²) in [6.07, 6.45) is 3.73. The molecule has 0 amide bonds. The molecule has 1 aromatic carbocycles. The molecular weight excluding hydrogens is 212 g/mol. The normalized spacial score (nSPS) is 15.8. The standard InChI is InChI=1S/C15H22O2/c1-5-11-7-6-8-13(17-15(2,3)4)14(11)16-12-9-10-12/h6-8,12H,5,9-10H2,1-4H3. The van der Waals surface area contributed by atoms with Crippen LogP contribution < -0.4 is 9.47 Å². The highest BCUT2D eigenvalue weighted by Gasteiger charge is 2.27. The van der Waals surface area contributed by atoms with E-state index in [0.717, 1.165) is 17.9 Å². The van der Waals surface area contributed by atoms with Gasteiger partial charge in [0.2, 0.25) is 0 Å². The third-order valence-electron chi connectivity index (χ3n) is 2.67. The minimum Gasteiger partial charge on any atom is -0.486 e. The van der Waals surface area contributed by atoms with Gasteiger partial charge in [-0.2, -0.15) is 0 Å². The first-order chi connectivity index (χ1) is 7.99. The fourth-order valence-corrected chi connectivity index (χ4v) is 1.74. The summed E-state index contributed by atoms with van der Waals surface area (Å²) in [5, 5.41) is 0. The summed E-state index contributed by atoms with van der Waals surface area (Å²) >= 11 is 0. The summed E-state index contributed by atoms with van der Waals surface area (Å²) in [7, 11) is 0. The van der Waals surface area contributed by atoms with E-state index in [1.54, 1.807) is 0 Å². The molecule has 2 heteroatoms. The lowest BCUT2D eigenvalue weighted by Crippen LogP contribution is -2.23. The fraction of sp³-hybridized carbons (Fsp3) is 0.600. The van der Waals surface area contributed by atoms with Gasteiger partial charge >= 0.3 is 0 Å². The van der Waals surface area contributed by atoms with Gasteiger partial charge in [-0.05, 0) is 51.7 Å². The van der Waals surface area contributed by atoms with E-state index >= 15 is 0 Å². The molecule has 1 saturated carbocycles. The van der Waals surface area contributed by atoms with Gasteiger partial charge in [-0.15, -0.1) is 0 Å². The van der Waals surface area contributed by atoms with Crippen molar-refractivity contribution in [1.29, 1.82) is 0 Å². The number of rotatable bonds is 4. The second-order valence-corrected chi connectivity index (χ2v) is 5.63. The van der Waals surface area contributed by atoms with Crippen LogP contribution in [0.4, 0.5) is 0 Å². The Bertz CT molecular complexity index is 386. The average Bonchev–Trinajstić information content (AvgIpc) is 3.02. The zero-order valence-electron chi connectivity index (χ0n) is 11.2. The van der Waals surface area contributed by atoms with Crippen molar-refractivity contribution in [2.75, 3.05) is 0 Å². The van der Waals surface area contributed by atoms with Gasteiger partial charge in [-0.25, -0.2) is 0 Å². The molecule has 0 atom stereocenters. The van der Waals surface area contributed by atoms with Gasteiger partial charge in [0.05, 0.1) is 6.10 Å². The van der Waals surface area contributed by atoms with E-state index in [9.17, 15) is 0 Å². The smallest absolute Gasteiger partial charge is 0.164 e. The molecule has 0 bridgehead atoms. The lowest BCUT2D eigenvalue weighted by atomic mass is 10.1. The molecule has 0 radical (unpaired) electrons. The maximum Gasteiger partial charge on any atom is 0.164 e. The van der Waals surface area contributed by atoms with Crippen LogP contribution in [0.15, 0.2) is 18.2 Å². The molecule has 0 saturated heterocycles. The molecule has 17 heavy (non-hydrogen) atoms. The van der Waals surface area contributed by atoms with Gasteiger partial charge in [-0.3, -0.25) is 0 Å². The van der Waals surface area contributed by atoms with Gasteiger partial charge in [-0.1, -0.05) is 19.1 Å². The van der Waals surface area contributed by atoms with Crippen LogP contribution in [0.2, 0.25) is 0 Å². The van der Waals surface area contributed by atoms with Gasteiger partial charge < -0.3 is 9.47 Å². The highest BCUT2D eigenvalue weighted by Crippen LogP contribution is 2.38. The van der Waals surface area contributed by atoms with Crippen LogP contribution in [0.5, 0.6) is 11.5 Å². The molecule has 0 aromatic heterocycles. The SMILES string of the molecule is CCc1cccc(OC(C)(C)C)c1OC1CC1. The average molecular weight is 234 g/mol. The van der Waals surface area contributed by atoms with Crippen LogP contribution in [-0.2, 0) is 6.42 Å². The lowest BCUT2D eigenvalue weighted by molar-refractivity contribution is 0.122. The van der Waals surface area contributed by atoms with Crippen LogP contribution in [-0.4, -0.2) is 11.7 Å². The zero-order valence-corrected chi connectivity index (χ0v) is 11.2. The van der Waals surface area contributed by atoms with Crippen LogP contribution in [0.1, 0.15) is 46.1 Å². The molecule has 2 nitrogen and oxygen atoms in total. The Morgan fingerprint density at radius 2 is 1.94 bits per heavy atom. The predicted octanol–water partition coefficient (Wildman–Crippen LogP) is 3.97. The number of hydrogen-bond donors (Lipinski definition) is 0. The van der Waals surface area contributed by atoms with Crippen LogP contribution in [0.3, 0.4) is 0 Å². The summed E-state index contributed by atoms with van der Waals surface area (Å²) in [4.78, 5) is 0. The summed E-state index contributed by atoms with van der Waals surface area (Å²) in [6.45, 7) is 8.33. The van der Waals surface area contributed by atoms with Crippen molar-refractivity contribution in [3.63, 3.8) is 0 Å². The van der Waals surface area contributed by atoms with E-state index in [1.165, 1.54) is 18.4 Å². The van der Waals surface area contributed by atoms with E-state index in [1.807, 2.05) is 12.1 Å². The van der Waals surface area contributed by atoms with E-state index in [4.69, 9.17) is 9.47 Å². The quantitative estimate of drug-likeness (QED) is 0.785. The molecule has 2 rings (SSSR count). The molecule has 0 heterocycles. The lowest BCUT2D eigenvalue weighted by Gasteiger charge is -2.24. The number of hydrogen-bond acceptors (Lipinski definition) is 2. The Morgan fingerprint density at radius 1 is 1.24 bits per heavy atom. The Labute approximate surface area is 104 Å². The molecule has 0 unspecified atom stereocenters. The molecule has 0 N–H and O–H groups in total. The van der Waals surface area contributed by atoms with E-state index < -0.39 is 0 Å². The van der Waals surface area contributed by atoms with E-state index in [2.05, 4.69) is 33.8 Å². The molecule has 1 fully saturated rings. The molecule has 1 aliphatic carbocycles. The topological polar surface area (TPSA) is 18.5 Å². The van der Waals surface area contributed by atoms with Crippen molar-refractivity contribution in [2.45, 2.75) is 58.7 Å². The molecule has 0 spiro atoms. The van der Waals surface area contributed by atoms with E-state index in [-0.39, 0.29) is 5.60 Å². The van der Waals surface area contributed by atoms with Crippen molar-refractivity contribution in [1.82, 2.24) is 0 Å². The van der Waals surface area contributed by atoms with Crippen molar-refractivity contribution in [2.24, 2.45) is 0 Å². The summed E-state index contributed by atoms with van der Waals surface area (Å²) in [5.74, 6) is 1.83. The first kappa shape index (κ1) is 12.3. The first-order valence-electron chi connectivity index (χ1n) is 6.47. The van der Waals surface area contributed by atoms with Crippen molar-refractivity contribution in [3.05, 3.63) is 23.8 Å². The molecule has 0 aliphatic heterocycles. The number of benzene rings is 1. The Morgan fingerprint density at radius 3 is 2.47 bits per heavy atom. The zero-order chi connectivity index (χ0) is 12.5. The van der Waals surface area contributed by atoms with Gasteiger partial charge in [0.25, 0.3) is 0 Å². The van der Waals surface area contributed by atoms with Gasteiger partial charge in [0, 0.05) is 0 Å². The van der Waals surface area contributed by atoms with E-state index in [0.29, 0.717) is 6.10 Å². The summed E-state index contributed by atoms with van der Waals surface area (Å²) in [6, 6.07) is 6.16. The van der Waals surface area contributed by atoms with Crippen LogP contribution in [0.25, 0.3) is 0 Å². The highest BCUT2D eigenvalue weighted by atomic mass is 16.5. The maximum absolute atomic E-state index is 6.00. The third kappa shape index (κ3) is 3.39. The largest absolute Gasteiger partial charge is 0.486 e. The fourth-order valence-electron chi connectivity index (χ4n) is 1.74. The van der Waals surface area contributed by atoms with Crippen LogP contribution >= 0.6 is 0 Å². The molecule has 1 aliphatic rings. The third-order valence-corrected chi connectivity index (χ3v) is 2.67. The van der Waals surface area contributed by atoms with Gasteiger partial charge in [0.1, 0.15) is 5.60 Å². The number of ether oxygens (including phenoxy) is 2. The van der Waals surface area contributed by atoms with Crippen molar-refractivity contribution >= 4 is 0 Å². The van der Waals surface area contributed by atoms with Crippen molar-refractivity contribution in [3.8, 4) is 11.5 Å². The minimum atomic E-state index is -0.186. The Balaban J connectivity index is 2.28. The first-order valence-corrected chi connectivity index (χ1v) is 6.47. The molecule has 1 aromatic rings. The predicted molar refractivity (Wildman–Crippen MR) is 69.9 cm³/mol. The maximum atomic E-state index is 6.00. The van der Waals surface area contributed by atoms with Crippen molar-refractivity contribution < 1.29 is 9.47 Å². The Kier molecular flexibility index (Phi) is 3.32. The molecular formula is C15H22O2. The van der Waals surface area contributed by atoms with Crippen LogP contribution in [0, 0.1) is 0 Å². The molecule has 94 valence electrons. The summed E-state index contributed by atoms with van der Waals surface area (Å²) in [5.41, 5.74) is 1.05. The van der Waals surface area contributed by atoms with Gasteiger partial charge in [0.15, 0.2) is 11.5 Å². The second-order valence-electron chi connectivity index (χ2n) is 5.63. The highest BCUT2D eigenvalue weighted by molar-refractivity contribution is 5.47. The summed E-state index contributed by atoms with van der Waals surface area (Å²) < 4.78 is 12.0. The monoisotopic (exact) mass is 234 g/mol. The Hall–Kier alpha value is -1.18. The number of aryl methyl sites for hydroxylation is 1.